The number of sulfonamides is 1. The van der Waals surface area contributed by atoms with Crippen LogP contribution in [0, 0.1) is 12.7 Å². The Hall–Kier alpha value is -1.14. The Morgan fingerprint density at radius 3 is 2.50 bits per heavy atom. The number of unbranched alkanes of at least 4 members (excludes halogenated alkanes) is 1. The zero-order chi connectivity index (χ0) is 13.9. The maximum absolute atomic E-state index is 13.4. The standard InChI is InChI=1S/C12H19FN2O2S/c1-4-5-6-15(3)18(16,17)10-7-9(2)12(13)11(14)8-10/h7-8H,4-6,14H2,1-3H3. The van der Waals surface area contributed by atoms with Crippen molar-refractivity contribution in [2.75, 3.05) is 19.3 Å². The molecule has 6 heteroatoms. The van der Waals surface area contributed by atoms with E-state index >= 15 is 0 Å². The van der Waals surface area contributed by atoms with Gasteiger partial charge in [-0.3, -0.25) is 0 Å². The van der Waals surface area contributed by atoms with Crippen molar-refractivity contribution in [2.45, 2.75) is 31.6 Å². The normalized spacial score (nSPS) is 12.1. The number of halogens is 1. The van der Waals surface area contributed by atoms with Crippen molar-refractivity contribution in [2.24, 2.45) is 0 Å². The number of hydrogen-bond donors (Lipinski definition) is 1. The molecule has 4 nitrogen and oxygen atoms in total. The van der Waals surface area contributed by atoms with E-state index in [-0.39, 0.29) is 16.1 Å². The molecule has 0 fully saturated rings. The van der Waals surface area contributed by atoms with Crippen LogP contribution < -0.4 is 5.73 Å². The van der Waals surface area contributed by atoms with E-state index in [1.54, 1.807) is 0 Å². The molecule has 102 valence electrons. The summed E-state index contributed by atoms with van der Waals surface area (Å²) in [7, 11) is -2.07. The van der Waals surface area contributed by atoms with Gasteiger partial charge >= 0.3 is 0 Å². The van der Waals surface area contributed by atoms with Gasteiger partial charge in [0.25, 0.3) is 0 Å². The van der Waals surface area contributed by atoms with Crippen molar-refractivity contribution in [1.82, 2.24) is 4.31 Å². The number of nitrogen functional groups attached to an aromatic ring is 1. The van der Waals surface area contributed by atoms with E-state index in [9.17, 15) is 12.8 Å². The van der Waals surface area contributed by atoms with E-state index in [4.69, 9.17) is 5.73 Å². The maximum atomic E-state index is 13.4. The molecular weight excluding hydrogens is 255 g/mol. The molecule has 0 saturated heterocycles. The van der Waals surface area contributed by atoms with E-state index in [1.807, 2.05) is 6.92 Å². The Morgan fingerprint density at radius 1 is 1.39 bits per heavy atom. The van der Waals surface area contributed by atoms with Gasteiger partial charge in [-0.05, 0) is 31.0 Å². The third-order valence-electron chi connectivity index (χ3n) is 2.79. The average molecular weight is 274 g/mol. The largest absolute Gasteiger partial charge is 0.396 e. The summed E-state index contributed by atoms with van der Waals surface area (Å²) in [6.07, 6.45) is 1.69. The Kier molecular flexibility index (Phi) is 4.70. The van der Waals surface area contributed by atoms with Crippen LogP contribution in [0.1, 0.15) is 25.3 Å². The summed E-state index contributed by atoms with van der Waals surface area (Å²) in [5.41, 5.74) is 5.55. The Labute approximate surface area is 108 Å². The van der Waals surface area contributed by atoms with E-state index in [2.05, 4.69) is 0 Å². The molecule has 1 rings (SSSR count). The fourth-order valence-electron chi connectivity index (χ4n) is 1.59. The van der Waals surface area contributed by atoms with E-state index < -0.39 is 15.8 Å². The van der Waals surface area contributed by atoms with Gasteiger partial charge in [0.2, 0.25) is 10.0 Å². The molecule has 0 aromatic heterocycles. The molecule has 2 N–H and O–H groups in total. The van der Waals surface area contributed by atoms with Crippen molar-refractivity contribution in [3.8, 4) is 0 Å². The lowest BCUT2D eigenvalue weighted by molar-refractivity contribution is 0.459. The smallest absolute Gasteiger partial charge is 0.242 e. The minimum absolute atomic E-state index is 0.0394. The molecule has 0 amide bonds. The lowest BCUT2D eigenvalue weighted by Crippen LogP contribution is -2.28. The number of rotatable bonds is 5. The van der Waals surface area contributed by atoms with Crippen molar-refractivity contribution >= 4 is 15.7 Å². The topological polar surface area (TPSA) is 63.4 Å². The molecule has 0 aliphatic carbocycles. The number of anilines is 1. The van der Waals surface area contributed by atoms with E-state index in [0.717, 1.165) is 12.8 Å². The number of aryl methyl sites for hydroxylation is 1. The van der Waals surface area contributed by atoms with Crippen LogP contribution in [0.2, 0.25) is 0 Å². The van der Waals surface area contributed by atoms with E-state index in [1.165, 1.54) is 30.4 Å². The number of nitrogens with two attached hydrogens (primary N) is 1. The Balaban J connectivity index is 3.13. The molecule has 0 aliphatic heterocycles. The van der Waals surface area contributed by atoms with Gasteiger partial charge in [0.1, 0.15) is 5.82 Å². The predicted octanol–water partition coefficient (Wildman–Crippen LogP) is 2.14. The summed E-state index contributed by atoms with van der Waals surface area (Å²) in [4.78, 5) is 0.0394. The number of nitrogens with zero attached hydrogens (tertiary/aromatic N) is 1. The van der Waals surface area contributed by atoms with Crippen LogP contribution in [-0.4, -0.2) is 26.3 Å². The van der Waals surface area contributed by atoms with Crippen LogP contribution >= 0.6 is 0 Å². The maximum Gasteiger partial charge on any atom is 0.242 e. The fourth-order valence-corrected chi connectivity index (χ4v) is 2.92. The highest BCUT2D eigenvalue weighted by Gasteiger charge is 2.22. The highest BCUT2D eigenvalue weighted by Crippen LogP contribution is 2.23. The van der Waals surface area contributed by atoms with Gasteiger partial charge < -0.3 is 5.73 Å². The van der Waals surface area contributed by atoms with Gasteiger partial charge in [0.05, 0.1) is 10.6 Å². The predicted molar refractivity (Wildman–Crippen MR) is 70.3 cm³/mol. The van der Waals surface area contributed by atoms with Crippen LogP contribution in [0.15, 0.2) is 17.0 Å². The van der Waals surface area contributed by atoms with Gasteiger partial charge in [-0.15, -0.1) is 0 Å². The molecule has 0 radical (unpaired) electrons. The third kappa shape index (κ3) is 3.00. The van der Waals surface area contributed by atoms with Gasteiger partial charge in [-0.2, -0.15) is 0 Å². The summed E-state index contributed by atoms with van der Waals surface area (Å²) in [6.45, 7) is 3.92. The van der Waals surface area contributed by atoms with Gasteiger partial charge in [-0.25, -0.2) is 17.1 Å². The first kappa shape index (κ1) is 14.9. The van der Waals surface area contributed by atoms with Crippen molar-refractivity contribution in [3.05, 3.63) is 23.5 Å². The fraction of sp³-hybridized carbons (Fsp3) is 0.500. The van der Waals surface area contributed by atoms with Crippen LogP contribution in [0.25, 0.3) is 0 Å². The van der Waals surface area contributed by atoms with E-state index in [0.29, 0.717) is 6.54 Å². The van der Waals surface area contributed by atoms with Crippen molar-refractivity contribution < 1.29 is 12.8 Å². The summed E-state index contributed by atoms with van der Waals surface area (Å²) >= 11 is 0. The van der Waals surface area contributed by atoms with Crippen LogP contribution in [0.4, 0.5) is 10.1 Å². The second kappa shape index (κ2) is 5.67. The van der Waals surface area contributed by atoms with Gasteiger partial charge in [0.15, 0.2) is 0 Å². The minimum atomic E-state index is -3.59. The van der Waals surface area contributed by atoms with Crippen LogP contribution in [0.5, 0.6) is 0 Å². The Morgan fingerprint density at radius 2 is 2.00 bits per heavy atom. The van der Waals surface area contributed by atoms with Gasteiger partial charge in [0, 0.05) is 13.6 Å². The quantitative estimate of drug-likeness (QED) is 0.837. The third-order valence-corrected chi connectivity index (χ3v) is 4.63. The SMILES string of the molecule is CCCCN(C)S(=O)(=O)c1cc(C)c(F)c(N)c1. The first-order chi connectivity index (χ1) is 8.30. The molecule has 0 saturated carbocycles. The van der Waals surface area contributed by atoms with Crippen molar-refractivity contribution in [3.63, 3.8) is 0 Å². The van der Waals surface area contributed by atoms with Crippen LogP contribution in [0.3, 0.4) is 0 Å². The molecule has 1 aromatic carbocycles. The zero-order valence-electron chi connectivity index (χ0n) is 10.9. The molecular formula is C12H19FN2O2S. The summed E-state index contributed by atoms with van der Waals surface area (Å²) in [5, 5.41) is 0. The number of benzene rings is 1. The van der Waals surface area contributed by atoms with Gasteiger partial charge in [-0.1, -0.05) is 13.3 Å². The lowest BCUT2D eigenvalue weighted by atomic mass is 10.2. The summed E-state index contributed by atoms with van der Waals surface area (Å²) in [6, 6.07) is 2.48. The molecule has 0 bridgehead atoms. The second-order valence-corrected chi connectivity index (χ2v) is 6.37. The highest BCUT2D eigenvalue weighted by molar-refractivity contribution is 7.89. The molecule has 18 heavy (non-hydrogen) atoms. The minimum Gasteiger partial charge on any atom is -0.396 e. The molecule has 0 spiro atoms. The lowest BCUT2D eigenvalue weighted by Gasteiger charge is -2.17. The molecule has 0 atom stereocenters. The first-order valence-corrected chi connectivity index (χ1v) is 7.26. The second-order valence-electron chi connectivity index (χ2n) is 4.32. The molecule has 0 heterocycles. The van der Waals surface area contributed by atoms with Crippen molar-refractivity contribution in [1.29, 1.82) is 0 Å². The molecule has 0 aliphatic rings. The average Bonchev–Trinajstić information content (AvgIpc) is 2.32. The monoisotopic (exact) mass is 274 g/mol. The number of hydrogen-bond acceptors (Lipinski definition) is 3. The molecule has 1 aromatic rings. The Bertz CT molecular complexity index is 506. The van der Waals surface area contributed by atoms with Crippen LogP contribution in [-0.2, 0) is 10.0 Å². The first-order valence-electron chi connectivity index (χ1n) is 5.82. The summed E-state index contributed by atoms with van der Waals surface area (Å²) in [5.74, 6) is -0.565. The summed E-state index contributed by atoms with van der Waals surface area (Å²) < 4.78 is 39.0. The molecule has 0 unspecified atom stereocenters. The zero-order valence-corrected chi connectivity index (χ0v) is 11.7. The highest BCUT2D eigenvalue weighted by atomic mass is 32.2.